The summed E-state index contributed by atoms with van der Waals surface area (Å²) in [7, 11) is 0. The average molecular weight is 279 g/mol. The number of hydrogen-bond acceptors (Lipinski definition) is 1. The second-order valence-corrected chi connectivity index (χ2v) is 5.85. The van der Waals surface area contributed by atoms with E-state index < -0.39 is 0 Å². The van der Waals surface area contributed by atoms with Gasteiger partial charge in [0.2, 0.25) is 0 Å². The maximum atomic E-state index is 5.79. The van der Waals surface area contributed by atoms with Crippen molar-refractivity contribution >= 4 is 0 Å². The molecule has 0 unspecified atom stereocenters. The van der Waals surface area contributed by atoms with E-state index in [9.17, 15) is 0 Å². The molecule has 0 bridgehead atoms. The van der Waals surface area contributed by atoms with Gasteiger partial charge in [0.15, 0.2) is 5.76 Å². The van der Waals surface area contributed by atoms with E-state index in [0.29, 0.717) is 5.92 Å². The Kier molecular flexibility index (Phi) is 3.46. The fourth-order valence-corrected chi connectivity index (χ4v) is 2.65. The minimum absolute atomic E-state index is 0.553. The van der Waals surface area contributed by atoms with Crippen LogP contribution in [0.2, 0.25) is 0 Å². The quantitative estimate of drug-likeness (QED) is 0.621. The summed E-state index contributed by atoms with van der Waals surface area (Å²) in [5.74, 6) is 2.40. The molecule has 0 spiro atoms. The Morgan fingerprint density at radius 1 is 0.857 bits per heavy atom. The Labute approximate surface area is 126 Å². The third-order valence-electron chi connectivity index (χ3n) is 3.89. The second-order valence-electron chi connectivity index (χ2n) is 5.85. The first-order valence-corrected chi connectivity index (χ1v) is 7.42. The van der Waals surface area contributed by atoms with Crippen molar-refractivity contribution in [2.45, 2.75) is 33.6 Å². The molecule has 0 radical (unpaired) electrons. The van der Waals surface area contributed by atoms with Gasteiger partial charge in [0, 0.05) is 11.4 Å². The van der Waals surface area contributed by atoms with Crippen molar-refractivity contribution in [2.75, 3.05) is 0 Å². The summed E-state index contributed by atoms with van der Waals surface area (Å²) in [5, 5.41) is 0. The van der Waals surface area contributed by atoms with Crippen molar-refractivity contribution in [1.82, 2.24) is 4.57 Å². The average Bonchev–Trinajstić information content (AvgIpc) is 3.05. The standard InChI is InChI=1S/C19H21NO/c1-13(2)16-7-9-17(10-8-16)20-14(3)5-11-18(20)19-12-6-15(4)21-19/h5-13H,1-4H3. The molecule has 0 amide bonds. The third kappa shape index (κ3) is 2.54. The van der Waals surface area contributed by atoms with E-state index in [2.05, 4.69) is 61.7 Å². The van der Waals surface area contributed by atoms with Gasteiger partial charge in [-0.3, -0.25) is 0 Å². The van der Waals surface area contributed by atoms with Crippen LogP contribution in [0.15, 0.2) is 52.9 Å². The fraction of sp³-hybridized carbons (Fsp3) is 0.263. The second kappa shape index (κ2) is 5.28. The van der Waals surface area contributed by atoms with E-state index in [1.54, 1.807) is 0 Å². The summed E-state index contributed by atoms with van der Waals surface area (Å²) in [6, 6.07) is 17.1. The van der Waals surface area contributed by atoms with E-state index >= 15 is 0 Å². The molecule has 3 aromatic rings. The Hall–Kier alpha value is -2.22. The third-order valence-corrected chi connectivity index (χ3v) is 3.89. The van der Waals surface area contributed by atoms with E-state index in [0.717, 1.165) is 17.2 Å². The molecule has 2 nitrogen and oxygen atoms in total. The molecule has 0 atom stereocenters. The van der Waals surface area contributed by atoms with Gasteiger partial charge in [0.25, 0.3) is 0 Å². The minimum Gasteiger partial charge on any atom is -0.460 e. The highest BCUT2D eigenvalue weighted by Gasteiger charge is 2.12. The lowest BCUT2D eigenvalue weighted by molar-refractivity contribution is 0.545. The van der Waals surface area contributed by atoms with Crippen molar-refractivity contribution in [1.29, 1.82) is 0 Å². The first-order chi connectivity index (χ1) is 10.1. The molecule has 1 aromatic carbocycles. The summed E-state index contributed by atoms with van der Waals surface area (Å²) in [6.07, 6.45) is 0. The largest absolute Gasteiger partial charge is 0.460 e. The van der Waals surface area contributed by atoms with Gasteiger partial charge in [0.1, 0.15) is 5.76 Å². The molecule has 0 fully saturated rings. The lowest BCUT2D eigenvalue weighted by Gasteiger charge is -2.12. The van der Waals surface area contributed by atoms with E-state index in [-0.39, 0.29) is 0 Å². The first kappa shape index (κ1) is 13.7. The number of hydrogen-bond donors (Lipinski definition) is 0. The molecule has 0 aliphatic rings. The molecule has 0 saturated heterocycles. The first-order valence-electron chi connectivity index (χ1n) is 7.42. The van der Waals surface area contributed by atoms with Crippen LogP contribution < -0.4 is 0 Å². The molecule has 0 aliphatic carbocycles. The Bertz CT molecular complexity index is 744. The summed E-state index contributed by atoms with van der Waals surface area (Å²) < 4.78 is 8.02. The molecule has 2 aromatic heterocycles. The van der Waals surface area contributed by atoms with Gasteiger partial charge in [-0.05, 0) is 61.7 Å². The van der Waals surface area contributed by atoms with Gasteiger partial charge in [-0.25, -0.2) is 0 Å². The van der Waals surface area contributed by atoms with Crippen LogP contribution >= 0.6 is 0 Å². The minimum atomic E-state index is 0.553. The Balaban J connectivity index is 2.08. The number of aryl methyl sites for hydroxylation is 2. The summed E-state index contributed by atoms with van der Waals surface area (Å²) in [5.41, 5.74) is 4.83. The molecule has 2 heteroatoms. The zero-order valence-electron chi connectivity index (χ0n) is 13.1. The molecule has 0 aliphatic heterocycles. The highest BCUT2D eigenvalue weighted by molar-refractivity contribution is 5.59. The molecule has 0 saturated carbocycles. The Morgan fingerprint density at radius 2 is 1.57 bits per heavy atom. The normalized spacial score (nSPS) is 11.3. The van der Waals surface area contributed by atoms with Crippen LogP contribution in [0.5, 0.6) is 0 Å². The van der Waals surface area contributed by atoms with Crippen LogP contribution in [0.1, 0.15) is 36.8 Å². The zero-order valence-corrected chi connectivity index (χ0v) is 13.1. The molecule has 0 N–H and O–H groups in total. The van der Waals surface area contributed by atoms with Gasteiger partial charge in [-0.1, -0.05) is 26.0 Å². The van der Waals surface area contributed by atoms with Gasteiger partial charge >= 0.3 is 0 Å². The highest BCUT2D eigenvalue weighted by atomic mass is 16.3. The maximum Gasteiger partial charge on any atom is 0.151 e. The van der Waals surface area contributed by atoms with Crippen LogP contribution in [-0.2, 0) is 0 Å². The van der Waals surface area contributed by atoms with E-state index in [4.69, 9.17) is 4.42 Å². The molecule has 108 valence electrons. The molecule has 21 heavy (non-hydrogen) atoms. The smallest absolute Gasteiger partial charge is 0.151 e. The van der Waals surface area contributed by atoms with E-state index in [1.807, 2.05) is 19.1 Å². The van der Waals surface area contributed by atoms with Crippen LogP contribution in [0.3, 0.4) is 0 Å². The zero-order chi connectivity index (χ0) is 15.0. The highest BCUT2D eigenvalue weighted by Crippen LogP contribution is 2.28. The van der Waals surface area contributed by atoms with Gasteiger partial charge < -0.3 is 8.98 Å². The van der Waals surface area contributed by atoms with Crippen LogP contribution in [0, 0.1) is 13.8 Å². The number of furan rings is 1. The molecular formula is C19H21NO. The maximum absolute atomic E-state index is 5.79. The van der Waals surface area contributed by atoms with Crippen molar-refractivity contribution in [3.8, 4) is 17.1 Å². The molecular weight excluding hydrogens is 258 g/mol. The number of aromatic nitrogens is 1. The molecule has 3 rings (SSSR count). The summed E-state index contributed by atoms with van der Waals surface area (Å²) in [6.45, 7) is 8.52. The summed E-state index contributed by atoms with van der Waals surface area (Å²) in [4.78, 5) is 0. The van der Waals surface area contributed by atoms with Crippen molar-refractivity contribution < 1.29 is 4.42 Å². The number of rotatable bonds is 3. The van der Waals surface area contributed by atoms with Gasteiger partial charge in [0.05, 0.1) is 5.69 Å². The lowest BCUT2D eigenvalue weighted by Crippen LogP contribution is -1.99. The topological polar surface area (TPSA) is 18.1 Å². The van der Waals surface area contributed by atoms with Crippen LogP contribution in [0.25, 0.3) is 17.1 Å². The van der Waals surface area contributed by atoms with Crippen LogP contribution in [0.4, 0.5) is 0 Å². The van der Waals surface area contributed by atoms with Gasteiger partial charge in [-0.2, -0.15) is 0 Å². The number of benzene rings is 1. The Morgan fingerprint density at radius 3 is 2.14 bits per heavy atom. The van der Waals surface area contributed by atoms with E-state index in [1.165, 1.54) is 16.9 Å². The SMILES string of the molecule is Cc1ccc(-c2ccc(C)n2-c2ccc(C(C)C)cc2)o1. The fourth-order valence-electron chi connectivity index (χ4n) is 2.65. The summed E-state index contributed by atoms with van der Waals surface area (Å²) >= 11 is 0. The molecule has 2 heterocycles. The predicted molar refractivity (Wildman–Crippen MR) is 87.0 cm³/mol. The monoisotopic (exact) mass is 279 g/mol. The lowest BCUT2D eigenvalue weighted by atomic mass is 10.0. The predicted octanol–water partition coefficient (Wildman–Crippen LogP) is 5.48. The number of nitrogens with zero attached hydrogens (tertiary/aromatic N) is 1. The van der Waals surface area contributed by atoms with Crippen LogP contribution in [-0.4, -0.2) is 4.57 Å². The van der Waals surface area contributed by atoms with Crippen molar-refractivity contribution in [3.05, 3.63) is 65.5 Å². The van der Waals surface area contributed by atoms with Crippen molar-refractivity contribution in [3.63, 3.8) is 0 Å². The van der Waals surface area contributed by atoms with Gasteiger partial charge in [-0.15, -0.1) is 0 Å². The van der Waals surface area contributed by atoms with Crippen molar-refractivity contribution in [2.24, 2.45) is 0 Å².